The number of rotatable bonds is 9. The Kier molecular flexibility index (Phi) is 11.6. The Hall–Kier alpha value is -1.07. The largest absolute Gasteiger partial charge is 0.497 e. The van der Waals surface area contributed by atoms with Crippen molar-refractivity contribution < 1.29 is 13.2 Å². The first-order chi connectivity index (χ1) is 14.2. The molecule has 0 amide bonds. The highest BCUT2D eigenvalue weighted by molar-refractivity contribution is 14.0. The van der Waals surface area contributed by atoms with Gasteiger partial charge in [0.1, 0.15) is 5.75 Å². The second-order valence-electron chi connectivity index (χ2n) is 8.61. The Bertz CT molecular complexity index is 803. The monoisotopic (exact) mass is 566 g/mol. The Morgan fingerprint density at radius 1 is 1.23 bits per heavy atom. The zero-order valence-electron chi connectivity index (χ0n) is 19.5. The molecule has 2 rings (SSSR count). The molecular weight excluding hydrogens is 527 g/mol. The van der Waals surface area contributed by atoms with E-state index in [9.17, 15) is 8.42 Å². The first-order valence-corrected chi connectivity index (χ1v) is 12.5. The summed E-state index contributed by atoms with van der Waals surface area (Å²) >= 11 is 0. The van der Waals surface area contributed by atoms with Gasteiger partial charge in [-0.05, 0) is 71.3 Å². The maximum atomic E-state index is 12.4. The fraction of sp³-hybridized carbons (Fsp3) is 0.682. The lowest BCUT2D eigenvalue weighted by Gasteiger charge is -2.27. The number of hydrogen-bond donors (Lipinski definition) is 2. The van der Waals surface area contributed by atoms with Gasteiger partial charge in [0.15, 0.2) is 15.8 Å². The normalized spacial score (nSPS) is 16.5. The van der Waals surface area contributed by atoms with Gasteiger partial charge in [-0.25, -0.2) is 8.42 Å². The fourth-order valence-electron chi connectivity index (χ4n) is 3.46. The van der Waals surface area contributed by atoms with E-state index in [0.29, 0.717) is 25.6 Å². The summed E-state index contributed by atoms with van der Waals surface area (Å²) in [6.07, 6.45) is 2.40. The van der Waals surface area contributed by atoms with Gasteiger partial charge in [0.05, 0.1) is 30.2 Å². The highest BCUT2D eigenvalue weighted by Gasteiger charge is 2.28. The summed E-state index contributed by atoms with van der Waals surface area (Å²) in [5, 5.41) is 6.41. The van der Waals surface area contributed by atoms with Crippen molar-refractivity contribution in [3.05, 3.63) is 29.8 Å². The van der Waals surface area contributed by atoms with Gasteiger partial charge in [-0.3, -0.25) is 9.89 Å². The van der Waals surface area contributed by atoms with Crippen LogP contribution in [0.25, 0.3) is 0 Å². The Labute approximate surface area is 205 Å². The zero-order chi connectivity index (χ0) is 22.2. The Morgan fingerprint density at radius 2 is 1.90 bits per heavy atom. The summed E-state index contributed by atoms with van der Waals surface area (Å²) in [6.45, 7) is 11.0. The third-order valence-corrected chi connectivity index (χ3v) is 8.03. The van der Waals surface area contributed by atoms with Crippen LogP contribution in [0.15, 0.2) is 29.3 Å². The second kappa shape index (κ2) is 12.8. The number of hydrogen-bond acceptors (Lipinski definition) is 5. The Balaban J connectivity index is 0.00000480. The molecule has 1 unspecified atom stereocenters. The minimum absolute atomic E-state index is 0. The molecule has 7 nitrogen and oxygen atoms in total. The molecule has 0 aliphatic carbocycles. The molecule has 178 valence electrons. The third-order valence-electron chi connectivity index (χ3n) is 5.42. The van der Waals surface area contributed by atoms with Crippen LogP contribution in [0, 0.1) is 0 Å². The molecule has 0 saturated carbocycles. The van der Waals surface area contributed by atoms with Gasteiger partial charge in [0, 0.05) is 13.1 Å². The number of aliphatic imine (C=N–C) groups is 1. The van der Waals surface area contributed by atoms with Crippen LogP contribution in [0.4, 0.5) is 0 Å². The van der Waals surface area contributed by atoms with Crippen molar-refractivity contribution in [1.82, 2.24) is 15.5 Å². The molecule has 2 N–H and O–H groups in total. The zero-order valence-corrected chi connectivity index (χ0v) is 22.6. The molecule has 1 fully saturated rings. The molecule has 1 aromatic rings. The third kappa shape index (κ3) is 8.42. The SMILES string of the molecule is CCNC(=NCC(c1cccc(OC)c1)N1CCCC1)NCCS(=O)(=O)C(C)(C)C.I. The van der Waals surface area contributed by atoms with Crippen LogP contribution >= 0.6 is 24.0 Å². The number of sulfone groups is 1. The lowest BCUT2D eigenvalue weighted by Crippen LogP contribution is -2.42. The number of benzene rings is 1. The molecule has 1 aliphatic heterocycles. The van der Waals surface area contributed by atoms with Crippen LogP contribution < -0.4 is 15.4 Å². The van der Waals surface area contributed by atoms with Crippen LogP contribution in [-0.4, -0.2) is 69.6 Å². The molecular formula is C22H39IN4O3S. The van der Waals surface area contributed by atoms with E-state index in [1.54, 1.807) is 27.9 Å². The topological polar surface area (TPSA) is 83.0 Å². The second-order valence-corrected chi connectivity index (χ2v) is 11.5. The van der Waals surface area contributed by atoms with Crippen LogP contribution in [0.3, 0.4) is 0 Å². The molecule has 1 atom stereocenters. The summed E-state index contributed by atoms with van der Waals surface area (Å²) in [5.41, 5.74) is 1.19. The van der Waals surface area contributed by atoms with Gasteiger partial charge in [0.2, 0.25) is 0 Å². The molecule has 1 saturated heterocycles. The Morgan fingerprint density at radius 3 is 2.48 bits per heavy atom. The fourth-order valence-corrected chi connectivity index (χ4v) is 4.45. The lowest BCUT2D eigenvalue weighted by molar-refractivity contribution is 0.251. The van der Waals surface area contributed by atoms with Gasteiger partial charge in [-0.1, -0.05) is 12.1 Å². The van der Waals surface area contributed by atoms with Crippen molar-refractivity contribution in [2.45, 2.75) is 51.3 Å². The van der Waals surface area contributed by atoms with Gasteiger partial charge >= 0.3 is 0 Å². The van der Waals surface area contributed by atoms with Crippen molar-refractivity contribution in [3.8, 4) is 5.75 Å². The van der Waals surface area contributed by atoms with E-state index in [1.165, 1.54) is 18.4 Å². The minimum atomic E-state index is -3.17. The molecule has 0 bridgehead atoms. The van der Waals surface area contributed by atoms with E-state index >= 15 is 0 Å². The summed E-state index contributed by atoms with van der Waals surface area (Å²) in [6, 6.07) is 8.33. The number of halogens is 1. The number of nitrogens with one attached hydrogen (secondary N) is 2. The van der Waals surface area contributed by atoms with Crippen molar-refractivity contribution in [2.75, 3.05) is 45.6 Å². The van der Waals surface area contributed by atoms with Crippen LogP contribution in [0.2, 0.25) is 0 Å². The number of methoxy groups -OCH3 is 1. The highest BCUT2D eigenvalue weighted by atomic mass is 127. The average molecular weight is 567 g/mol. The first kappa shape index (κ1) is 28.0. The maximum absolute atomic E-state index is 12.4. The average Bonchev–Trinajstić information content (AvgIpc) is 3.21. The highest BCUT2D eigenvalue weighted by Crippen LogP contribution is 2.27. The van der Waals surface area contributed by atoms with E-state index < -0.39 is 14.6 Å². The minimum Gasteiger partial charge on any atom is -0.497 e. The summed E-state index contributed by atoms with van der Waals surface area (Å²) in [7, 11) is -1.49. The smallest absolute Gasteiger partial charge is 0.191 e. The molecule has 0 spiro atoms. The number of likely N-dealkylation sites (tertiary alicyclic amines) is 1. The standard InChI is InChI=1S/C22H38N4O3S.HI/c1-6-23-21(24-12-15-30(27,28)22(2,3)4)25-17-20(26-13-7-8-14-26)18-10-9-11-19(16-18)29-5;/h9-11,16,20H,6-8,12-15,17H2,1-5H3,(H2,23,24,25);1H. The number of guanidine groups is 1. The molecule has 31 heavy (non-hydrogen) atoms. The predicted octanol–water partition coefficient (Wildman–Crippen LogP) is 3.22. The molecule has 1 heterocycles. The van der Waals surface area contributed by atoms with Crippen LogP contribution in [0.5, 0.6) is 5.75 Å². The molecule has 0 radical (unpaired) electrons. The molecule has 9 heteroatoms. The molecule has 1 aromatic carbocycles. The first-order valence-electron chi connectivity index (χ1n) is 10.8. The summed E-state index contributed by atoms with van der Waals surface area (Å²) in [5.74, 6) is 1.57. The number of nitrogens with zero attached hydrogens (tertiary/aromatic N) is 2. The van der Waals surface area contributed by atoms with E-state index in [0.717, 1.165) is 18.8 Å². The lowest BCUT2D eigenvalue weighted by atomic mass is 10.1. The van der Waals surface area contributed by atoms with Crippen molar-refractivity contribution >= 4 is 39.8 Å². The molecule has 0 aromatic heterocycles. The van der Waals surface area contributed by atoms with Gasteiger partial charge in [0.25, 0.3) is 0 Å². The van der Waals surface area contributed by atoms with Crippen LogP contribution in [-0.2, 0) is 9.84 Å². The van der Waals surface area contributed by atoms with E-state index in [4.69, 9.17) is 9.73 Å². The van der Waals surface area contributed by atoms with E-state index in [1.807, 2.05) is 19.1 Å². The number of ether oxygens (including phenoxy) is 1. The van der Waals surface area contributed by atoms with E-state index in [-0.39, 0.29) is 35.8 Å². The quantitative estimate of drug-likeness (QED) is 0.272. The van der Waals surface area contributed by atoms with Gasteiger partial charge in [-0.15, -0.1) is 24.0 Å². The van der Waals surface area contributed by atoms with Gasteiger partial charge < -0.3 is 15.4 Å². The van der Waals surface area contributed by atoms with E-state index in [2.05, 4.69) is 27.7 Å². The summed E-state index contributed by atoms with van der Waals surface area (Å²) in [4.78, 5) is 7.25. The summed E-state index contributed by atoms with van der Waals surface area (Å²) < 4.78 is 29.4. The van der Waals surface area contributed by atoms with Crippen LogP contribution in [0.1, 0.15) is 52.1 Å². The van der Waals surface area contributed by atoms with Crippen molar-refractivity contribution in [3.63, 3.8) is 0 Å². The van der Waals surface area contributed by atoms with Crippen molar-refractivity contribution in [1.29, 1.82) is 0 Å². The van der Waals surface area contributed by atoms with Crippen molar-refractivity contribution in [2.24, 2.45) is 4.99 Å². The van der Waals surface area contributed by atoms with Gasteiger partial charge in [-0.2, -0.15) is 0 Å². The molecule has 1 aliphatic rings. The maximum Gasteiger partial charge on any atom is 0.191 e. The predicted molar refractivity (Wildman–Crippen MR) is 139 cm³/mol.